The molecule has 1 heterocycles. The SMILES string of the molecule is CC(O)(CNC(=O)c1cc(F)c(F)cc1Cl)c1cccs1. The fourth-order valence-electron chi connectivity index (χ4n) is 1.72. The molecule has 7 heteroatoms. The number of benzene rings is 1. The van der Waals surface area contributed by atoms with E-state index in [-0.39, 0.29) is 17.1 Å². The summed E-state index contributed by atoms with van der Waals surface area (Å²) in [7, 11) is 0. The molecule has 0 fully saturated rings. The fourth-order valence-corrected chi connectivity index (χ4v) is 2.74. The lowest BCUT2D eigenvalue weighted by atomic mass is 10.0. The molecule has 1 amide bonds. The van der Waals surface area contributed by atoms with Crippen LogP contribution in [0.15, 0.2) is 29.6 Å². The Morgan fingerprint density at radius 3 is 2.71 bits per heavy atom. The predicted octanol–water partition coefficient (Wildman–Crippen LogP) is 3.32. The summed E-state index contributed by atoms with van der Waals surface area (Å²) < 4.78 is 26.1. The van der Waals surface area contributed by atoms with Gasteiger partial charge >= 0.3 is 0 Å². The summed E-state index contributed by atoms with van der Waals surface area (Å²) in [6.07, 6.45) is 0. The third-order valence-electron chi connectivity index (χ3n) is 2.90. The molecule has 0 aliphatic heterocycles. The molecule has 1 aromatic heterocycles. The van der Waals surface area contributed by atoms with Gasteiger partial charge in [0.15, 0.2) is 11.6 Å². The zero-order chi connectivity index (χ0) is 15.6. The number of carbonyl (C=O) groups is 1. The fraction of sp³-hybridized carbons (Fsp3) is 0.214. The number of rotatable bonds is 4. The second-order valence-electron chi connectivity index (χ2n) is 4.68. The average Bonchev–Trinajstić information content (AvgIpc) is 2.95. The topological polar surface area (TPSA) is 49.3 Å². The molecule has 3 nitrogen and oxygen atoms in total. The molecule has 21 heavy (non-hydrogen) atoms. The first kappa shape index (κ1) is 15.9. The first-order chi connectivity index (χ1) is 9.81. The van der Waals surface area contributed by atoms with Gasteiger partial charge in [0.2, 0.25) is 0 Å². The van der Waals surface area contributed by atoms with E-state index in [4.69, 9.17) is 11.6 Å². The minimum Gasteiger partial charge on any atom is -0.383 e. The average molecular weight is 332 g/mol. The summed E-state index contributed by atoms with van der Waals surface area (Å²) >= 11 is 7.07. The highest BCUT2D eigenvalue weighted by Crippen LogP contribution is 2.25. The Labute approximate surface area is 129 Å². The van der Waals surface area contributed by atoms with Crippen LogP contribution in [0.1, 0.15) is 22.2 Å². The standard InChI is InChI=1S/C14H12ClF2NO2S/c1-14(20,12-3-2-4-21-12)7-18-13(19)8-5-10(16)11(17)6-9(8)15/h2-6,20H,7H2,1H3,(H,18,19). The van der Waals surface area contributed by atoms with E-state index in [0.29, 0.717) is 4.88 Å². The van der Waals surface area contributed by atoms with Crippen molar-refractivity contribution in [3.63, 3.8) is 0 Å². The van der Waals surface area contributed by atoms with Crippen LogP contribution in [0.5, 0.6) is 0 Å². The highest BCUT2D eigenvalue weighted by Gasteiger charge is 2.25. The van der Waals surface area contributed by atoms with E-state index >= 15 is 0 Å². The van der Waals surface area contributed by atoms with Crippen LogP contribution in [0.4, 0.5) is 8.78 Å². The number of thiophene rings is 1. The molecular weight excluding hydrogens is 320 g/mol. The Kier molecular flexibility index (Phi) is 4.61. The Morgan fingerprint density at radius 2 is 2.10 bits per heavy atom. The number of hydrogen-bond donors (Lipinski definition) is 2. The second-order valence-corrected chi connectivity index (χ2v) is 6.03. The maximum absolute atomic E-state index is 13.2. The lowest BCUT2D eigenvalue weighted by Gasteiger charge is -2.22. The van der Waals surface area contributed by atoms with Crippen molar-refractivity contribution in [2.24, 2.45) is 0 Å². The van der Waals surface area contributed by atoms with Crippen molar-refractivity contribution >= 4 is 28.8 Å². The van der Waals surface area contributed by atoms with Gasteiger partial charge in [-0.05, 0) is 30.5 Å². The highest BCUT2D eigenvalue weighted by atomic mass is 35.5. The zero-order valence-electron chi connectivity index (χ0n) is 11.0. The van der Waals surface area contributed by atoms with E-state index in [1.807, 2.05) is 0 Å². The molecule has 2 N–H and O–H groups in total. The van der Waals surface area contributed by atoms with Crippen molar-refractivity contribution in [2.45, 2.75) is 12.5 Å². The van der Waals surface area contributed by atoms with Gasteiger partial charge in [-0.15, -0.1) is 11.3 Å². The van der Waals surface area contributed by atoms with Crippen LogP contribution in [0.3, 0.4) is 0 Å². The monoisotopic (exact) mass is 331 g/mol. The molecule has 0 bridgehead atoms. The Hall–Kier alpha value is -1.50. The van der Waals surface area contributed by atoms with Gasteiger partial charge in [-0.1, -0.05) is 17.7 Å². The third kappa shape index (κ3) is 3.58. The van der Waals surface area contributed by atoms with E-state index in [9.17, 15) is 18.7 Å². The number of amides is 1. The van der Waals surface area contributed by atoms with Crippen LogP contribution in [0.25, 0.3) is 0 Å². The molecule has 1 aromatic carbocycles. The van der Waals surface area contributed by atoms with Gasteiger partial charge in [0.25, 0.3) is 5.91 Å². The molecular formula is C14H12ClF2NO2S. The second kappa shape index (κ2) is 6.09. The normalized spacial score (nSPS) is 13.8. The molecule has 0 aliphatic carbocycles. The van der Waals surface area contributed by atoms with Gasteiger partial charge in [0.1, 0.15) is 5.60 Å². The number of carbonyl (C=O) groups excluding carboxylic acids is 1. The van der Waals surface area contributed by atoms with Crippen LogP contribution < -0.4 is 5.32 Å². The molecule has 1 unspecified atom stereocenters. The van der Waals surface area contributed by atoms with E-state index in [1.165, 1.54) is 11.3 Å². The van der Waals surface area contributed by atoms with Crippen LogP contribution in [0.2, 0.25) is 5.02 Å². The summed E-state index contributed by atoms with van der Waals surface area (Å²) in [6, 6.07) is 4.99. The Morgan fingerprint density at radius 1 is 1.43 bits per heavy atom. The van der Waals surface area contributed by atoms with E-state index in [0.717, 1.165) is 12.1 Å². The third-order valence-corrected chi connectivity index (χ3v) is 4.34. The Balaban J connectivity index is 2.11. The van der Waals surface area contributed by atoms with Gasteiger partial charge in [-0.25, -0.2) is 8.78 Å². The van der Waals surface area contributed by atoms with E-state index in [2.05, 4.69) is 5.32 Å². The van der Waals surface area contributed by atoms with Crippen molar-refractivity contribution in [3.8, 4) is 0 Å². The first-order valence-electron chi connectivity index (χ1n) is 6.00. The van der Waals surface area contributed by atoms with Gasteiger partial charge < -0.3 is 10.4 Å². The molecule has 1 atom stereocenters. The lowest BCUT2D eigenvalue weighted by molar-refractivity contribution is 0.0556. The van der Waals surface area contributed by atoms with Gasteiger partial charge in [0, 0.05) is 4.88 Å². The summed E-state index contributed by atoms with van der Waals surface area (Å²) in [4.78, 5) is 12.6. The van der Waals surface area contributed by atoms with E-state index < -0.39 is 23.1 Å². The molecule has 0 saturated carbocycles. The number of halogens is 3. The van der Waals surface area contributed by atoms with Crippen LogP contribution in [-0.2, 0) is 5.60 Å². The molecule has 2 aromatic rings. The van der Waals surface area contributed by atoms with Crippen molar-refractivity contribution in [3.05, 3.63) is 56.7 Å². The largest absolute Gasteiger partial charge is 0.383 e. The molecule has 2 rings (SSSR count). The van der Waals surface area contributed by atoms with Gasteiger partial charge in [-0.3, -0.25) is 4.79 Å². The maximum atomic E-state index is 13.2. The van der Waals surface area contributed by atoms with Crippen LogP contribution >= 0.6 is 22.9 Å². The lowest BCUT2D eigenvalue weighted by Crippen LogP contribution is -2.38. The van der Waals surface area contributed by atoms with Crippen LogP contribution in [-0.4, -0.2) is 17.6 Å². The maximum Gasteiger partial charge on any atom is 0.253 e. The highest BCUT2D eigenvalue weighted by molar-refractivity contribution is 7.10. The molecule has 0 spiro atoms. The number of hydrogen-bond acceptors (Lipinski definition) is 3. The van der Waals surface area contributed by atoms with E-state index in [1.54, 1.807) is 24.4 Å². The molecule has 0 radical (unpaired) electrons. The van der Waals surface area contributed by atoms with Gasteiger partial charge in [-0.2, -0.15) is 0 Å². The molecule has 112 valence electrons. The van der Waals surface area contributed by atoms with Crippen molar-refractivity contribution in [2.75, 3.05) is 6.54 Å². The predicted molar refractivity (Wildman–Crippen MR) is 77.6 cm³/mol. The number of nitrogens with one attached hydrogen (secondary N) is 1. The molecule has 0 saturated heterocycles. The quantitative estimate of drug-likeness (QED) is 0.844. The van der Waals surface area contributed by atoms with Gasteiger partial charge in [0.05, 0.1) is 17.1 Å². The van der Waals surface area contributed by atoms with Crippen molar-refractivity contribution < 1.29 is 18.7 Å². The van der Waals surface area contributed by atoms with Crippen LogP contribution in [0, 0.1) is 11.6 Å². The summed E-state index contributed by atoms with van der Waals surface area (Å²) in [6.45, 7) is 1.47. The van der Waals surface area contributed by atoms with Crippen molar-refractivity contribution in [1.29, 1.82) is 0 Å². The summed E-state index contributed by atoms with van der Waals surface area (Å²) in [5.41, 5.74) is -1.44. The minimum absolute atomic E-state index is 0.0817. The van der Waals surface area contributed by atoms with Crippen molar-refractivity contribution in [1.82, 2.24) is 5.32 Å². The summed E-state index contributed by atoms with van der Waals surface area (Å²) in [5, 5.41) is 14.3. The summed E-state index contributed by atoms with van der Waals surface area (Å²) in [5.74, 6) is -2.97. The molecule has 0 aliphatic rings. The smallest absolute Gasteiger partial charge is 0.253 e. The first-order valence-corrected chi connectivity index (χ1v) is 7.26. The number of aliphatic hydroxyl groups is 1. The Bertz CT molecular complexity index is 659. The zero-order valence-corrected chi connectivity index (χ0v) is 12.6. The minimum atomic E-state index is -1.26.